The molecule has 1 aliphatic rings. The summed E-state index contributed by atoms with van der Waals surface area (Å²) in [4.78, 5) is 14.7. The van der Waals surface area contributed by atoms with Gasteiger partial charge >= 0.3 is 0 Å². The van der Waals surface area contributed by atoms with Gasteiger partial charge in [0, 0.05) is 24.3 Å². The highest BCUT2D eigenvalue weighted by atomic mass is 32.2. The number of rotatable bonds is 4. The zero-order valence-electron chi connectivity index (χ0n) is 16.0. The molecule has 0 bridgehead atoms. The Bertz CT molecular complexity index is 928. The van der Waals surface area contributed by atoms with E-state index in [1.165, 1.54) is 0 Å². The van der Waals surface area contributed by atoms with Crippen molar-refractivity contribution in [1.29, 1.82) is 0 Å². The van der Waals surface area contributed by atoms with E-state index in [0.29, 0.717) is 22.7 Å². The molecule has 1 fully saturated rings. The van der Waals surface area contributed by atoms with Gasteiger partial charge in [0.25, 0.3) is 15.9 Å². The van der Waals surface area contributed by atoms with Gasteiger partial charge in [-0.3, -0.25) is 9.52 Å². The lowest BCUT2D eigenvalue weighted by Crippen LogP contribution is -2.37. The van der Waals surface area contributed by atoms with E-state index in [1.54, 1.807) is 43.3 Å². The molecule has 144 valence electrons. The first-order valence-corrected chi connectivity index (χ1v) is 10.7. The number of amides is 1. The van der Waals surface area contributed by atoms with Crippen LogP contribution >= 0.6 is 0 Å². The maximum atomic E-state index is 12.7. The molecule has 0 aromatic heterocycles. The lowest BCUT2D eigenvalue weighted by molar-refractivity contribution is 0.0697. The van der Waals surface area contributed by atoms with Crippen LogP contribution in [0.3, 0.4) is 0 Å². The molecule has 6 heteroatoms. The van der Waals surface area contributed by atoms with Crippen LogP contribution < -0.4 is 4.72 Å². The van der Waals surface area contributed by atoms with Crippen molar-refractivity contribution in [3.05, 3.63) is 59.2 Å². The molecule has 3 rings (SSSR count). The minimum Gasteiger partial charge on any atom is -0.339 e. The fourth-order valence-corrected chi connectivity index (χ4v) is 4.67. The van der Waals surface area contributed by atoms with Crippen LogP contribution in [0.4, 0.5) is 5.69 Å². The van der Waals surface area contributed by atoms with Crippen LogP contribution in [0.2, 0.25) is 0 Å². The third-order valence-corrected chi connectivity index (χ3v) is 6.61. The first-order valence-electron chi connectivity index (χ1n) is 9.26. The number of anilines is 1. The summed E-state index contributed by atoms with van der Waals surface area (Å²) < 4.78 is 28.0. The van der Waals surface area contributed by atoms with Crippen molar-refractivity contribution in [3.8, 4) is 0 Å². The molecule has 0 aliphatic carbocycles. The van der Waals surface area contributed by atoms with Gasteiger partial charge in [-0.2, -0.15) is 0 Å². The zero-order chi connectivity index (χ0) is 19.6. The topological polar surface area (TPSA) is 66.5 Å². The smallest absolute Gasteiger partial charge is 0.262 e. The number of benzene rings is 2. The van der Waals surface area contributed by atoms with Crippen LogP contribution in [0.5, 0.6) is 0 Å². The molecule has 0 atom stereocenters. The van der Waals surface area contributed by atoms with Gasteiger partial charge in [0.05, 0.1) is 4.90 Å². The Morgan fingerprint density at radius 3 is 2.30 bits per heavy atom. The number of carbonyl (C=O) groups excluding carboxylic acids is 1. The van der Waals surface area contributed by atoms with E-state index in [2.05, 4.69) is 11.6 Å². The standard InChI is InChI=1S/C21H26N2O3S/c1-15-10-12-23(13-11-15)21(24)18-6-8-19(9-7-18)22-27(25,26)20-14-16(2)4-5-17(20)3/h4-9,14-15,22H,10-13H2,1-3H3. The van der Waals surface area contributed by atoms with Crippen LogP contribution in [0, 0.1) is 19.8 Å². The van der Waals surface area contributed by atoms with E-state index in [9.17, 15) is 13.2 Å². The Balaban J connectivity index is 1.74. The summed E-state index contributed by atoms with van der Waals surface area (Å²) in [6, 6.07) is 12.0. The second-order valence-corrected chi connectivity index (χ2v) is 9.08. The lowest BCUT2D eigenvalue weighted by Gasteiger charge is -2.30. The number of hydrogen-bond acceptors (Lipinski definition) is 3. The Hall–Kier alpha value is -2.34. The molecular formula is C21H26N2O3S. The van der Waals surface area contributed by atoms with Crippen LogP contribution in [-0.4, -0.2) is 32.3 Å². The number of carbonyl (C=O) groups is 1. The molecule has 1 amide bonds. The van der Waals surface area contributed by atoms with E-state index >= 15 is 0 Å². The third kappa shape index (κ3) is 4.50. The molecule has 0 spiro atoms. The van der Waals surface area contributed by atoms with Crippen molar-refractivity contribution in [3.63, 3.8) is 0 Å². The van der Waals surface area contributed by atoms with Gasteiger partial charge < -0.3 is 4.90 Å². The van der Waals surface area contributed by atoms with Crippen molar-refractivity contribution in [1.82, 2.24) is 4.90 Å². The SMILES string of the molecule is Cc1ccc(C)c(S(=O)(=O)Nc2ccc(C(=O)N3CCC(C)CC3)cc2)c1. The van der Waals surface area contributed by atoms with Gasteiger partial charge in [-0.05, 0) is 74.1 Å². The fourth-order valence-electron chi connectivity index (χ4n) is 3.28. The van der Waals surface area contributed by atoms with E-state index in [-0.39, 0.29) is 10.8 Å². The highest BCUT2D eigenvalue weighted by Crippen LogP contribution is 2.22. The molecule has 0 radical (unpaired) electrons. The number of piperidine rings is 1. The normalized spacial score (nSPS) is 15.6. The Morgan fingerprint density at radius 2 is 1.67 bits per heavy atom. The van der Waals surface area contributed by atoms with Gasteiger partial charge in [-0.15, -0.1) is 0 Å². The van der Waals surface area contributed by atoms with Gasteiger partial charge in [-0.1, -0.05) is 19.1 Å². The average Bonchev–Trinajstić information content (AvgIpc) is 2.64. The second-order valence-electron chi connectivity index (χ2n) is 7.43. The second kappa shape index (κ2) is 7.72. The molecule has 1 saturated heterocycles. The summed E-state index contributed by atoms with van der Waals surface area (Å²) in [5.74, 6) is 0.668. The van der Waals surface area contributed by atoms with Crippen molar-refractivity contribution < 1.29 is 13.2 Å². The maximum absolute atomic E-state index is 12.7. The summed E-state index contributed by atoms with van der Waals surface area (Å²) in [6.45, 7) is 7.40. The van der Waals surface area contributed by atoms with Gasteiger partial charge in [-0.25, -0.2) is 8.42 Å². The summed E-state index contributed by atoms with van der Waals surface area (Å²) in [5.41, 5.74) is 2.61. The molecule has 1 N–H and O–H groups in total. The molecule has 1 aliphatic heterocycles. The molecule has 0 unspecified atom stereocenters. The largest absolute Gasteiger partial charge is 0.339 e. The molecule has 0 saturated carbocycles. The molecule has 5 nitrogen and oxygen atoms in total. The number of aryl methyl sites for hydroxylation is 2. The van der Waals surface area contributed by atoms with Crippen molar-refractivity contribution >= 4 is 21.6 Å². The molecule has 2 aromatic rings. The van der Waals surface area contributed by atoms with Crippen molar-refractivity contribution in [2.45, 2.75) is 38.5 Å². The van der Waals surface area contributed by atoms with Gasteiger partial charge in [0.1, 0.15) is 0 Å². The minimum atomic E-state index is -3.67. The number of likely N-dealkylation sites (tertiary alicyclic amines) is 1. The predicted octanol–water partition coefficient (Wildman–Crippen LogP) is 3.98. The van der Waals surface area contributed by atoms with Crippen molar-refractivity contribution in [2.24, 2.45) is 5.92 Å². The Morgan fingerprint density at radius 1 is 1.04 bits per heavy atom. The Kier molecular flexibility index (Phi) is 5.56. The van der Waals surface area contributed by atoms with Crippen LogP contribution in [0.25, 0.3) is 0 Å². The summed E-state index contributed by atoms with van der Waals surface area (Å²) in [5, 5.41) is 0. The maximum Gasteiger partial charge on any atom is 0.262 e. The Labute approximate surface area is 161 Å². The van der Waals surface area contributed by atoms with Crippen LogP contribution in [0.15, 0.2) is 47.4 Å². The van der Waals surface area contributed by atoms with E-state index in [0.717, 1.165) is 31.5 Å². The molecule has 2 aromatic carbocycles. The van der Waals surface area contributed by atoms with Crippen molar-refractivity contribution in [2.75, 3.05) is 17.8 Å². The molecule has 27 heavy (non-hydrogen) atoms. The number of nitrogens with zero attached hydrogens (tertiary/aromatic N) is 1. The average molecular weight is 387 g/mol. The predicted molar refractivity (Wildman–Crippen MR) is 107 cm³/mol. The van der Waals surface area contributed by atoms with Gasteiger partial charge in [0.15, 0.2) is 0 Å². The summed E-state index contributed by atoms with van der Waals surface area (Å²) in [7, 11) is -3.67. The van der Waals surface area contributed by atoms with Gasteiger partial charge in [0.2, 0.25) is 0 Å². The highest BCUT2D eigenvalue weighted by Gasteiger charge is 2.22. The number of sulfonamides is 1. The number of hydrogen-bond donors (Lipinski definition) is 1. The molecular weight excluding hydrogens is 360 g/mol. The zero-order valence-corrected chi connectivity index (χ0v) is 16.8. The van der Waals surface area contributed by atoms with Crippen LogP contribution in [-0.2, 0) is 10.0 Å². The summed E-state index contributed by atoms with van der Waals surface area (Å²) >= 11 is 0. The monoisotopic (exact) mass is 386 g/mol. The summed E-state index contributed by atoms with van der Waals surface area (Å²) in [6.07, 6.45) is 2.05. The van der Waals surface area contributed by atoms with E-state index < -0.39 is 10.0 Å². The first-order chi connectivity index (χ1) is 12.8. The lowest BCUT2D eigenvalue weighted by atomic mass is 9.98. The first kappa shape index (κ1) is 19.4. The number of nitrogens with one attached hydrogen (secondary N) is 1. The fraction of sp³-hybridized carbons (Fsp3) is 0.381. The van der Waals surface area contributed by atoms with E-state index in [1.807, 2.05) is 17.9 Å². The third-order valence-electron chi connectivity index (χ3n) is 5.09. The molecule has 1 heterocycles. The van der Waals surface area contributed by atoms with Crippen LogP contribution in [0.1, 0.15) is 41.3 Å². The highest BCUT2D eigenvalue weighted by molar-refractivity contribution is 7.92. The minimum absolute atomic E-state index is 0.00540. The quantitative estimate of drug-likeness (QED) is 0.864. The van der Waals surface area contributed by atoms with E-state index in [4.69, 9.17) is 0 Å².